The average molecular weight is 514 g/mol. The van der Waals surface area contributed by atoms with E-state index in [1.54, 1.807) is 29.1 Å². The van der Waals surface area contributed by atoms with Crippen LogP contribution < -0.4 is 15.5 Å². The second-order valence-electron chi connectivity index (χ2n) is 9.54. The van der Waals surface area contributed by atoms with Crippen LogP contribution in [0.15, 0.2) is 59.8 Å². The van der Waals surface area contributed by atoms with Crippen LogP contribution >= 0.6 is 11.8 Å². The maximum absolute atomic E-state index is 12.7. The molecule has 10 heteroatoms. The molecule has 1 fully saturated rings. The van der Waals surface area contributed by atoms with Crippen LogP contribution in [0.3, 0.4) is 0 Å². The zero-order valence-corrected chi connectivity index (χ0v) is 21.9. The fourth-order valence-electron chi connectivity index (χ4n) is 4.18. The number of amides is 3. The van der Waals surface area contributed by atoms with E-state index in [9.17, 15) is 9.59 Å². The Bertz CT molecular complexity index is 1520. The van der Waals surface area contributed by atoms with E-state index >= 15 is 0 Å². The summed E-state index contributed by atoms with van der Waals surface area (Å²) in [6, 6.07) is 12.9. The minimum absolute atomic E-state index is 0.162. The lowest BCUT2D eigenvalue weighted by Crippen LogP contribution is -2.36. The largest absolute Gasteiger partial charge is 0.346 e. The van der Waals surface area contributed by atoms with Gasteiger partial charge in [0.15, 0.2) is 0 Å². The molecule has 0 unspecified atom stereocenters. The predicted octanol–water partition coefficient (Wildman–Crippen LogP) is 4.36. The summed E-state index contributed by atoms with van der Waals surface area (Å²) < 4.78 is 0. The number of nitrogens with one attached hydrogen (secondary N) is 2. The third-order valence-electron chi connectivity index (χ3n) is 6.10. The van der Waals surface area contributed by atoms with Gasteiger partial charge in [0.05, 0.1) is 52.5 Å². The van der Waals surface area contributed by atoms with Crippen molar-refractivity contribution in [3.8, 4) is 11.4 Å². The van der Waals surface area contributed by atoms with Gasteiger partial charge < -0.3 is 10.6 Å². The molecular formula is C27H27N7O2S. The number of carbonyl (C=O) groups is 2. The van der Waals surface area contributed by atoms with Gasteiger partial charge in [0.1, 0.15) is 5.82 Å². The van der Waals surface area contributed by atoms with Gasteiger partial charge >= 0.3 is 6.03 Å². The van der Waals surface area contributed by atoms with Gasteiger partial charge in [-0.15, -0.1) is 11.8 Å². The van der Waals surface area contributed by atoms with Gasteiger partial charge in [0, 0.05) is 22.7 Å². The maximum atomic E-state index is 12.7. The molecule has 188 valence electrons. The van der Waals surface area contributed by atoms with Crippen molar-refractivity contribution in [3.63, 3.8) is 0 Å². The number of fused-ring (bicyclic) bond motifs is 1. The fraction of sp³-hybridized carbons (Fsp3) is 0.259. The summed E-state index contributed by atoms with van der Waals surface area (Å²) in [4.78, 5) is 46.0. The summed E-state index contributed by atoms with van der Waals surface area (Å²) in [6.45, 7) is 6.67. The monoisotopic (exact) mass is 513 g/mol. The number of rotatable bonds is 6. The number of thioether (sulfide) groups is 1. The zero-order chi connectivity index (χ0) is 26.2. The molecule has 3 amide bonds. The van der Waals surface area contributed by atoms with Crippen LogP contribution in [-0.2, 0) is 6.54 Å². The van der Waals surface area contributed by atoms with Gasteiger partial charge in [-0.1, -0.05) is 6.07 Å². The Morgan fingerprint density at radius 1 is 1.11 bits per heavy atom. The smallest absolute Gasteiger partial charge is 0.323 e. The van der Waals surface area contributed by atoms with Gasteiger partial charge in [0.25, 0.3) is 5.91 Å². The zero-order valence-electron chi connectivity index (χ0n) is 21.1. The standard InChI is InChI=1S/C27H27N7O2S/c1-16-23(37-4)10-18(13-28-16)25(35)30-14-19-11-22-17(12-29-19)8-9-21(31-22)20-6-5-7-24(32-20)34-15-27(2,3)33-26(34)36/h5-13H,14-15H2,1-4H3,(H,30,35)(H,33,36). The van der Waals surface area contributed by atoms with E-state index in [-0.39, 0.29) is 24.0 Å². The molecule has 0 radical (unpaired) electrons. The third-order valence-corrected chi connectivity index (χ3v) is 6.95. The normalized spacial score (nSPS) is 14.6. The molecule has 1 aliphatic rings. The molecule has 1 saturated heterocycles. The Hall–Kier alpha value is -4.05. The van der Waals surface area contributed by atoms with Crippen LogP contribution in [-0.4, -0.2) is 50.2 Å². The Kier molecular flexibility index (Phi) is 6.51. The maximum Gasteiger partial charge on any atom is 0.323 e. The van der Waals surface area contributed by atoms with E-state index in [2.05, 4.69) is 20.6 Å². The van der Waals surface area contributed by atoms with Crippen molar-refractivity contribution in [2.24, 2.45) is 0 Å². The van der Waals surface area contributed by atoms with Crippen molar-refractivity contribution < 1.29 is 9.59 Å². The fourth-order valence-corrected chi connectivity index (χ4v) is 4.77. The summed E-state index contributed by atoms with van der Waals surface area (Å²) in [7, 11) is 0. The Balaban J connectivity index is 1.35. The number of anilines is 1. The van der Waals surface area contributed by atoms with E-state index in [0.29, 0.717) is 35.0 Å². The molecule has 0 atom stereocenters. The first-order chi connectivity index (χ1) is 17.7. The van der Waals surface area contributed by atoms with Gasteiger partial charge in [-0.3, -0.25) is 19.7 Å². The first kappa shape index (κ1) is 24.6. The molecule has 2 N–H and O–H groups in total. The molecule has 0 bridgehead atoms. The summed E-state index contributed by atoms with van der Waals surface area (Å²) in [5, 5.41) is 6.75. The average Bonchev–Trinajstić information content (AvgIpc) is 3.19. The summed E-state index contributed by atoms with van der Waals surface area (Å²) in [6.07, 6.45) is 5.29. The number of hydrogen-bond acceptors (Lipinski definition) is 7. The topological polar surface area (TPSA) is 113 Å². The number of aromatic nitrogens is 4. The molecule has 5 rings (SSSR count). The van der Waals surface area contributed by atoms with Crippen LogP contribution in [0.4, 0.5) is 10.6 Å². The first-order valence-corrected chi connectivity index (χ1v) is 13.1. The van der Waals surface area contributed by atoms with Gasteiger partial charge in [0.2, 0.25) is 0 Å². The van der Waals surface area contributed by atoms with Crippen LogP contribution in [0.5, 0.6) is 0 Å². The van der Waals surface area contributed by atoms with Crippen molar-refractivity contribution in [1.29, 1.82) is 0 Å². The highest BCUT2D eigenvalue weighted by Crippen LogP contribution is 2.25. The molecule has 0 aliphatic carbocycles. The number of hydrogen-bond donors (Lipinski definition) is 2. The van der Waals surface area contributed by atoms with Crippen LogP contribution in [0.25, 0.3) is 22.3 Å². The number of pyridine rings is 4. The van der Waals surface area contributed by atoms with Gasteiger partial charge in [-0.25, -0.2) is 14.8 Å². The highest BCUT2D eigenvalue weighted by Gasteiger charge is 2.36. The highest BCUT2D eigenvalue weighted by atomic mass is 32.2. The van der Waals surface area contributed by atoms with Crippen LogP contribution in [0.1, 0.15) is 35.6 Å². The third kappa shape index (κ3) is 5.24. The second kappa shape index (κ2) is 9.78. The van der Waals surface area contributed by atoms with E-state index in [1.807, 2.05) is 69.5 Å². The molecule has 37 heavy (non-hydrogen) atoms. The van der Waals surface area contributed by atoms with E-state index in [4.69, 9.17) is 9.97 Å². The quantitative estimate of drug-likeness (QED) is 0.369. The minimum Gasteiger partial charge on any atom is -0.346 e. The lowest BCUT2D eigenvalue weighted by atomic mass is 10.1. The number of carbonyl (C=O) groups excluding carboxylic acids is 2. The van der Waals surface area contributed by atoms with E-state index < -0.39 is 0 Å². The molecule has 5 heterocycles. The molecule has 9 nitrogen and oxygen atoms in total. The lowest BCUT2D eigenvalue weighted by molar-refractivity contribution is 0.0949. The Morgan fingerprint density at radius 3 is 2.68 bits per heavy atom. The molecule has 0 spiro atoms. The molecule has 4 aromatic rings. The van der Waals surface area contributed by atoms with E-state index in [0.717, 1.165) is 21.5 Å². The second-order valence-corrected chi connectivity index (χ2v) is 10.4. The van der Waals surface area contributed by atoms with Gasteiger partial charge in [-0.05, 0) is 63.4 Å². The minimum atomic E-state index is -0.317. The SMILES string of the molecule is CSc1cc(C(=O)NCc2cc3nc(-c4cccc(N5CC(C)(C)NC5=O)n4)ccc3cn2)cnc1C. The summed E-state index contributed by atoms with van der Waals surface area (Å²) in [5.41, 5.74) is 3.87. The van der Waals surface area contributed by atoms with Crippen molar-refractivity contribution in [1.82, 2.24) is 30.6 Å². The molecular weight excluding hydrogens is 486 g/mol. The summed E-state index contributed by atoms with van der Waals surface area (Å²) in [5.74, 6) is 0.373. The summed E-state index contributed by atoms with van der Waals surface area (Å²) >= 11 is 1.56. The van der Waals surface area contributed by atoms with Crippen molar-refractivity contribution in [3.05, 3.63) is 71.8 Å². The number of nitrogens with zero attached hydrogens (tertiary/aromatic N) is 5. The Labute approximate surface area is 219 Å². The Morgan fingerprint density at radius 2 is 1.92 bits per heavy atom. The molecule has 0 aromatic carbocycles. The van der Waals surface area contributed by atoms with E-state index in [1.165, 1.54) is 0 Å². The first-order valence-electron chi connectivity index (χ1n) is 11.8. The molecule has 1 aliphatic heterocycles. The van der Waals surface area contributed by atoms with Crippen molar-refractivity contribution in [2.45, 2.75) is 37.8 Å². The number of urea groups is 1. The van der Waals surface area contributed by atoms with Crippen LogP contribution in [0.2, 0.25) is 0 Å². The van der Waals surface area contributed by atoms with Gasteiger partial charge in [-0.2, -0.15) is 0 Å². The highest BCUT2D eigenvalue weighted by molar-refractivity contribution is 7.98. The number of aryl methyl sites for hydroxylation is 1. The predicted molar refractivity (Wildman–Crippen MR) is 145 cm³/mol. The molecule has 4 aromatic heterocycles. The van der Waals surface area contributed by atoms with Crippen LogP contribution in [0, 0.1) is 6.92 Å². The van der Waals surface area contributed by atoms with Crippen molar-refractivity contribution >= 4 is 40.4 Å². The van der Waals surface area contributed by atoms with Crippen molar-refractivity contribution in [2.75, 3.05) is 17.7 Å². The lowest BCUT2D eigenvalue weighted by Gasteiger charge is -2.17. The molecule has 0 saturated carbocycles.